The van der Waals surface area contributed by atoms with Crippen molar-refractivity contribution in [1.82, 2.24) is 19.7 Å². The van der Waals surface area contributed by atoms with Gasteiger partial charge >= 0.3 is 0 Å². The monoisotopic (exact) mass is 347 g/mol. The molecule has 0 bridgehead atoms. The van der Waals surface area contributed by atoms with Gasteiger partial charge in [-0.05, 0) is 35.7 Å². The Morgan fingerprint density at radius 3 is 2.73 bits per heavy atom. The van der Waals surface area contributed by atoms with Gasteiger partial charge in [0.25, 0.3) is 5.91 Å². The maximum Gasteiger partial charge on any atom is 0.273 e. The molecule has 3 heterocycles. The summed E-state index contributed by atoms with van der Waals surface area (Å²) in [6, 6.07) is 12.0. The van der Waals surface area contributed by atoms with E-state index in [4.69, 9.17) is 5.73 Å². The van der Waals surface area contributed by atoms with E-state index < -0.39 is 11.9 Å². The average molecular weight is 347 g/mol. The molecule has 26 heavy (non-hydrogen) atoms. The summed E-state index contributed by atoms with van der Waals surface area (Å²) in [5.74, 6) is -0.869. The fourth-order valence-electron chi connectivity index (χ4n) is 3.34. The first-order valence-electron chi connectivity index (χ1n) is 8.29. The van der Waals surface area contributed by atoms with Gasteiger partial charge in [-0.25, -0.2) is 4.68 Å². The first kappa shape index (κ1) is 16.0. The number of aromatic nitrogens is 3. The van der Waals surface area contributed by atoms with Gasteiger partial charge in [0.15, 0.2) is 0 Å². The molecule has 1 aromatic carbocycles. The van der Waals surface area contributed by atoms with Crippen LogP contribution in [0.4, 0.5) is 0 Å². The Balaban J connectivity index is 1.70. The third kappa shape index (κ3) is 2.73. The van der Waals surface area contributed by atoms with E-state index in [1.165, 1.54) is 4.90 Å². The number of pyridine rings is 1. The highest BCUT2D eigenvalue weighted by molar-refractivity contribution is 5.97. The number of benzene rings is 1. The van der Waals surface area contributed by atoms with Crippen LogP contribution < -0.4 is 5.73 Å². The van der Waals surface area contributed by atoms with Crippen molar-refractivity contribution in [3.63, 3.8) is 0 Å². The number of hydrogen-bond donors (Lipinski definition) is 1. The van der Waals surface area contributed by atoms with Crippen LogP contribution in [0.5, 0.6) is 0 Å². The topological polar surface area (TPSA) is 94.1 Å². The van der Waals surface area contributed by atoms with Gasteiger partial charge in [-0.1, -0.05) is 24.3 Å². The summed E-state index contributed by atoms with van der Waals surface area (Å²) in [6.07, 6.45) is 5.67. The number of nitrogens with two attached hydrogens (primary N) is 1. The third-order valence-corrected chi connectivity index (χ3v) is 4.55. The van der Waals surface area contributed by atoms with Gasteiger partial charge in [0.05, 0.1) is 5.69 Å². The van der Waals surface area contributed by atoms with Crippen LogP contribution in [0, 0.1) is 0 Å². The van der Waals surface area contributed by atoms with Crippen LogP contribution in [0.1, 0.15) is 27.7 Å². The summed E-state index contributed by atoms with van der Waals surface area (Å²) >= 11 is 0. The minimum absolute atomic E-state index is 0.253. The lowest BCUT2D eigenvalue weighted by molar-refractivity contribution is -0.123. The van der Waals surface area contributed by atoms with Gasteiger partial charge in [-0.2, -0.15) is 5.10 Å². The molecule has 0 saturated carbocycles. The molecular weight excluding hydrogens is 330 g/mol. The normalized spacial score (nSPS) is 16.2. The maximum atomic E-state index is 13.1. The second-order valence-electron chi connectivity index (χ2n) is 6.10. The molecule has 4 rings (SSSR count). The first-order chi connectivity index (χ1) is 12.6. The van der Waals surface area contributed by atoms with Crippen LogP contribution in [0.2, 0.25) is 0 Å². The van der Waals surface area contributed by atoms with E-state index in [9.17, 15) is 9.59 Å². The molecule has 7 heteroatoms. The fraction of sp³-hybridized carbons (Fsp3) is 0.158. The molecule has 2 aromatic heterocycles. The highest BCUT2D eigenvalue weighted by Crippen LogP contribution is 2.30. The SMILES string of the molecule is NC(=O)C1c2ccccc2CCN1C(=O)c1cc(-n2cccn2)ccn1. The molecule has 130 valence electrons. The van der Waals surface area contributed by atoms with Crippen LogP contribution in [0.3, 0.4) is 0 Å². The zero-order valence-corrected chi connectivity index (χ0v) is 13.9. The maximum absolute atomic E-state index is 13.1. The zero-order valence-electron chi connectivity index (χ0n) is 13.9. The van der Waals surface area contributed by atoms with Crippen molar-refractivity contribution < 1.29 is 9.59 Å². The predicted octanol–water partition coefficient (Wildman–Crippen LogP) is 1.49. The Hall–Kier alpha value is -3.48. The van der Waals surface area contributed by atoms with E-state index in [1.807, 2.05) is 24.3 Å². The Kier molecular flexibility index (Phi) is 3.96. The van der Waals surface area contributed by atoms with Crippen LogP contribution in [0.15, 0.2) is 61.1 Å². The summed E-state index contributed by atoms with van der Waals surface area (Å²) in [7, 11) is 0. The third-order valence-electron chi connectivity index (χ3n) is 4.55. The molecule has 0 aliphatic carbocycles. The molecule has 1 atom stereocenters. The summed E-state index contributed by atoms with van der Waals surface area (Å²) in [5, 5.41) is 4.16. The van der Waals surface area contributed by atoms with Crippen LogP contribution >= 0.6 is 0 Å². The molecule has 2 amide bonds. The number of primary amides is 1. The van der Waals surface area contributed by atoms with Crippen LogP contribution in [-0.4, -0.2) is 38.0 Å². The van der Waals surface area contributed by atoms with Gasteiger partial charge in [-0.15, -0.1) is 0 Å². The molecular formula is C19H17N5O2. The van der Waals surface area contributed by atoms with Gasteiger partial charge in [0.1, 0.15) is 11.7 Å². The molecule has 0 fully saturated rings. The summed E-state index contributed by atoms with van der Waals surface area (Å²) in [4.78, 5) is 30.9. The first-order valence-corrected chi connectivity index (χ1v) is 8.29. The Morgan fingerprint density at radius 2 is 1.96 bits per heavy atom. The lowest BCUT2D eigenvalue weighted by atomic mass is 9.92. The van der Waals surface area contributed by atoms with E-state index in [0.717, 1.165) is 16.8 Å². The van der Waals surface area contributed by atoms with Crippen molar-refractivity contribution in [1.29, 1.82) is 0 Å². The van der Waals surface area contributed by atoms with Gasteiger partial charge < -0.3 is 10.6 Å². The molecule has 0 spiro atoms. The number of carbonyl (C=O) groups excluding carboxylic acids is 2. The van der Waals surface area contributed by atoms with Gasteiger partial charge in [0, 0.05) is 25.1 Å². The smallest absolute Gasteiger partial charge is 0.273 e. The lowest BCUT2D eigenvalue weighted by Crippen LogP contribution is -2.46. The Bertz CT molecular complexity index is 968. The van der Waals surface area contributed by atoms with Crippen molar-refractivity contribution >= 4 is 11.8 Å². The molecule has 1 aliphatic heterocycles. The van der Waals surface area contributed by atoms with Crippen LogP contribution in [0.25, 0.3) is 5.69 Å². The molecule has 3 aromatic rings. The van der Waals surface area contributed by atoms with Crippen LogP contribution in [-0.2, 0) is 11.2 Å². The number of carbonyl (C=O) groups is 2. The zero-order chi connectivity index (χ0) is 18.1. The Labute approximate surface area is 150 Å². The van der Waals surface area contributed by atoms with Crippen molar-refractivity contribution in [3.8, 4) is 5.69 Å². The van der Waals surface area contributed by atoms with Crippen molar-refractivity contribution in [2.24, 2.45) is 5.73 Å². The van der Waals surface area contributed by atoms with E-state index in [-0.39, 0.29) is 11.6 Å². The molecule has 0 saturated heterocycles. The second-order valence-corrected chi connectivity index (χ2v) is 6.10. The summed E-state index contributed by atoms with van der Waals surface area (Å²) in [5.41, 5.74) is 8.43. The standard InChI is InChI=1S/C19H17N5O2/c20-18(25)17-15-5-2-1-4-13(15)7-11-23(17)19(26)16-12-14(6-9-21-16)24-10-3-8-22-24/h1-6,8-10,12,17H,7,11H2,(H2,20,25). The quantitative estimate of drug-likeness (QED) is 0.777. The molecule has 1 unspecified atom stereocenters. The van der Waals surface area contributed by atoms with Crippen molar-refractivity contribution in [3.05, 3.63) is 77.9 Å². The lowest BCUT2D eigenvalue weighted by Gasteiger charge is -2.35. The number of nitrogens with zero attached hydrogens (tertiary/aromatic N) is 4. The predicted molar refractivity (Wildman–Crippen MR) is 94.5 cm³/mol. The van der Waals surface area contributed by atoms with E-state index in [2.05, 4.69) is 10.1 Å². The summed E-state index contributed by atoms with van der Waals surface area (Å²) in [6.45, 7) is 0.414. The molecule has 1 aliphatic rings. The molecule has 2 N–H and O–H groups in total. The average Bonchev–Trinajstić information content (AvgIpc) is 3.21. The van der Waals surface area contributed by atoms with Crippen molar-refractivity contribution in [2.75, 3.05) is 6.54 Å². The highest BCUT2D eigenvalue weighted by atomic mass is 16.2. The van der Waals surface area contributed by atoms with E-state index >= 15 is 0 Å². The number of rotatable bonds is 3. The number of fused-ring (bicyclic) bond motifs is 1. The highest BCUT2D eigenvalue weighted by Gasteiger charge is 2.35. The van der Waals surface area contributed by atoms with E-state index in [1.54, 1.807) is 41.5 Å². The Morgan fingerprint density at radius 1 is 1.12 bits per heavy atom. The summed E-state index contributed by atoms with van der Waals surface area (Å²) < 4.78 is 1.65. The van der Waals surface area contributed by atoms with Gasteiger partial charge in [-0.3, -0.25) is 14.6 Å². The second kappa shape index (κ2) is 6.44. The largest absolute Gasteiger partial charge is 0.368 e. The van der Waals surface area contributed by atoms with Gasteiger partial charge in [0.2, 0.25) is 5.91 Å². The molecule has 7 nitrogen and oxygen atoms in total. The number of hydrogen-bond acceptors (Lipinski definition) is 4. The van der Waals surface area contributed by atoms with E-state index in [0.29, 0.717) is 13.0 Å². The molecule has 0 radical (unpaired) electrons. The number of amides is 2. The minimum atomic E-state index is -0.789. The van der Waals surface area contributed by atoms with Crippen molar-refractivity contribution in [2.45, 2.75) is 12.5 Å². The minimum Gasteiger partial charge on any atom is -0.368 e. The fourth-order valence-corrected chi connectivity index (χ4v) is 3.34.